The van der Waals surface area contributed by atoms with Crippen molar-refractivity contribution in [1.82, 2.24) is 0 Å². The second-order valence-electron chi connectivity index (χ2n) is 11.0. The maximum absolute atomic E-state index is 13.8. The van der Waals surface area contributed by atoms with Crippen molar-refractivity contribution in [3.63, 3.8) is 0 Å². The zero-order valence-electron chi connectivity index (χ0n) is 18.8. The number of ketones is 2. The van der Waals surface area contributed by atoms with Crippen LogP contribution in [0.3, 0.4) is 0 Å². The standard InChI is InChI=1S/C26H30O5/c1-22(2)19-12-20(28)25(5)17(23(19,3)13-16(27)21(22)29)6-9-24(4)18(25)7-10-26(24,30)15-8-11-31-14-15/h7-8,11-14,17,27,30H,6,9-10H2,1-5H3. The maximum atomic E-state index is 13.8. The van der Waals surface area contributed by atoms with Crippen LogP contribution in [0, 0.1) is 27.6 Å². The molecule has 1 saturated carbocycles. The van der Waals surface area contributed by atoms with Gasteiger partial charge in [0.05, 0.1) is 23.4 Å². The first-order valence-electron chi connectivity index (χ1n) is 11.0. The molecular formula is C26H30O5. The molecule has 4 aliphatic carbocycles. The van der Waals surface area contributed by atoms with Crippen LogP contribution >= 0.6 is 0 Å². The lowest BCUT2D eigenvalue weighted by Crippen LogP contribution is -2.59. The topological polar surface area (TPSA) is 87.7 Å². The number of hydrogen-bond donors (Lipinski definition) is 2. The summed E-state index contributed by atoms with van der Waals surface area (Å²) in [6, 6.07) is 1.80. The molecule has 1 fully saturated rings. The second-order valence-corrected chi connectivity index (χ2v) is 11.0. The Hall–Kier alpha value is -2.40. The highest BCUT2D eigenvalue weighted by molar-refractivity contribution is 6.06. The van der Waals surface area contributed by atoms with Gasteiger partial charge in [0, 0.05) is 16.4 Å². The number of Topliss-reactive ketones (excluding diaryl/α,β-unsaturated/α-hetero) is 1. The normalized spacial score (nSPS) is 43.4. The van der Waals surface area contributed by atoms with Crippen LogP contribution < -0.4 is 0 Å². The molecule has 2 N–H and O–H groups in total. The molecule has 1 heterocycles. The van der Waals surface area contributed by atoms with E-state index in [1.807, 2.05) is 19.9 Å². The van der Waals surface area contributed by atoms with Crippen LogP contribution in [0.25, 0.3) is 0 Å². The third-order valence-corrected chi connectivity index (χ3v) is 9.30. The van der Waals surface area contributed by atoms with Gasteiger partial charge in [-0.15, -0.1) is 0 Å². The van der Waals surface area contributed by atoms with Gasteiger partial charge in [-0.25, -0.2) is 0 Å². The average Bonchev–Trinajstić information content (AvgIpc) is 3.31. The number of furan rings is 1. The van der Waals surface area contributed by atoms with E-state index in [1.54, 1.807) is 44.6 Å². The van der Waals surface area contributed by atoms with Gasteiger partial charge in [0.15, 0.2) is 11.5 Å². The Morgan fingerprint density at radius 3 is 2.45 bits per heavy atom. The number of carbonyl (C=O) groups is 2. The Bertz CT molecular complexity index is 1100. The second kappa shape index (κ2) is 5.69. The highest BCUT2D eigenvalue weighted by Crippen LogP contribution is 2.71. The quantitative estimate of drug-likeness (QED) is 0.636. The average molecular weight is 423 g/mol. The van der Waals surface area contributed by atoms with Crippen molar-refractivity contribution < 1.29 is 24.2 Å². The Kier molecular flexibility index (Phi) is 3.76. The van der Waals surface area contributed by atoms with E-state index in [1.165, 1.54) is 0 Å². The first-order valence-corrected chi connectivity index (χ1v) is 11.0. The molecule has 1 aromatic rings. The maximum Gasteiger partial charge on any atom is 0.206 e. The molecule has 1 aromatic heterocycles. The number of allylic oxidation sites excluding steroid dienone is 4. The Morgan fingerprint density at radius 2 is 1.81 bits per heavy atom. The van der Waals surface area contributed by atoms with Gasteiger partial charge in [-0.05, 0) is 69.7 Å². The van der Waals surface area contributed by atoms with Crippen molar-refractivity contribution >= 4 is 11.6 Å². The fourth-order valence-corrected chi connectivity index (χ4v) is 7.55. The number of aliphatic hydroxyl groups is 2. The van der Waals surface area contributed by atoms with E-state index in [9.17, 15) is 19.8 Å². The molecule has 0 bridgehead atoms. The summed E-state index contributed by atoms with van der Waals surface area (Å²) in [7, 11) is 0. The molecule has 5 atom stereocenters. The largest absolute Gasteiger partial charge is 0.505 e. The third kappa shape index (κ3) is 2.11. The van der Waals surface area contributed by atoms with E-state index in [0.29, 0.717) is 19.3 Å². The van der Waals surface area contributed by atoms with Crippen molar-refractivity contribution in [2.24, 2.45) is 27.6 Å². The summed E-state index contributed by atoms with van der Waals surface area (Å²) >= 11 is 0. The van der Waals surface area contributed by atoms with Gasteiger partial charge in [0.2, 0.25) is 5.78 Å². The van der Waals surface area contributed by atoms with E-state index in [4.69, 9.17) is 4.42 Å². The molecule has 0 spiro atoms. The van der Waals surface area contributed by atoms with Gasteiger partial charge in [0.25, 0.3) is 0 Å². The lowest BCUT2D eigenvalue weighted by molar-refractivity contribution is -0.138. The van der Waals surface area contributed by atoms with E-state index < -0.39 is 27.3 Å². The molecule has 5 rings (SSSR count). The number of rotatable bonds is 1. The first kappa shape index (κ1) is 20.5. The monoisotopic (exact) mass is 422 g/mol. The molecule has 0 aromatic carbocycles. The minimum Gasteiger partial charge on any atom is -0.505 e. The van der Waals surface area contributed by atoms with E-state index in [0.717, 1.165) is 16.7 Å². The van der Waals surface area contributed by atoms with Gasteiger partial charge in [-0.3, -0.25) is 9.59 Å². The van der Waals surface area contributed by atoms with Crippen LogP contribution in [-0.2, 0) is 15.2 Å². The molecule has 164 valence electrons. The summed E-state index contributed by atoms with van der Waals surface area (Å²) in [5.74, 6) is -0.699. The Labute approximate surface area is 182 Å². The summed E-state index contributed by atoms with van der Waals surface area (Å²) < 4.78 is 5.27. The smallest absolute Gasteiger partial charge is 0.206 e. The minimum absolute atomic E-state index is 0.0192. The van der Waals surface area contributed by atoms with Gasteiger partial charge >= 0.3 is 0 Å². The summed E-state index contributed by atoms with van der Waals surface area (Å²) in [6.07, 6.45) is 10.3. The highest BCUT2D eigenvalue weighted by Gasteiger charge is 2.68. The van der Waals surface area contributed by atoms with E-state index >= 15 is 0 Å². The molecule has 5 unspecified atom stereocenters. The van der Waals surface area contributed by atoms with Gasteiger partial charge in [-0.2, -0.15) is 0 Å². The highest BCUT2D eigenvalue weighted by atomic mass is 16.3. The van der Waals surface area contributed by atoms with Crippen LogP contribution in [-0.4, -0.2) is 21.8 Å². The fourth-order valence-electron chi connectivity index (χ4n) is 7.55. The number of hydrogen-bond acceptors (Lipinski definition) is 5. The SMILES string of the molecule is CC1(C)C(=O)C(O)=CC2(C)C1=CC(=O)C1(C)C3=CCC(O)(c4ccoc4)C3(C)CCC21. The van der Waals surface area contributed by atoms with Gasteiger partial charge < -0.3 is 14.6 Å². The molecule has 0 saturated heterocycles. The first-order chi connectivity index (χ1) is 14.3. The van der Waals surface area contributed by atoms with Crippen LogP contribution in [0.2, 0.25) is 0 Å². The van der Waals surface area contributed by atoms with Crippen molar-refractivity contribution in [2.45, 2.75) is 59.5 Å². The molecule has 0 amide bonds. The molecule has 31 heavy (non-hydrogen) atoms. The number of carbonyl (C=O) groups excluding carboxylic acids is 2. The van der Waals surface area contributed by atoms with Crippen molar-refractivity contribution in [1.29, 1.82) is 0 Å². The zero-order valence-corrected chi connectivity index (χ0v) is 18.8. The summed E-state index contributed by atoms with van der Waals surface area (Å²) in [4.78, 5) is 26.5. The molecule has 0 aliphatic heterocycles. The predicted octanol–water partition coefficient (Wildman–Crippen LogP) is 4.79. The molecule has 4 aliphatic rings. The molecule has 0 radical (unpaired) electrons. The van der Waals surface area contributed by atoms with E-state index in [2.05, 4.69) is 6.92 Å². The van der Waals surface area contributed by atoms with E-state index in [-0.39, 0.29) is 23.2 Å². The fraction of sp³-hybridized carbons (Fsp3) is 0.538. The molecule has 5 nitrogen and oxygen atoms in total. The van der Waals surface area contributed by atoms with Gasteiger partial charge in [0.1, 0.15) is 5.60 Å². The van der Waals surface area contributed by atoms with Crippen LogP contribution in [0.1, 0.15) is 59.4 Å². The Morgan fingerprint density at radius 1 is 1.10 bits per heavy atom. The summed E-state index contributed by atoms with van der Waals surface area (Å²) in [5.41, 5.74) is -1.65. The Balaban J connectivity index is 1.70. The van der Waals surface area contributed by atoms with Crippen LogP contribution in [0.15, 0.2) is 58.1 Å². The van der Waals surface area contributed by atoms with Crippen LogP contribution in [0.4, 0.5) is 0 Å². The third-order valence-electron chi connectivity index (χ3n) is 9.30. The van der Waals surface area contributed by atoms with Gasteiger partial charge in [-0.1, -0.05) is 25.5 Å². The lowest BCUT2D eigenvalue weighted by Gasteiger charge is -2.61. The lowest BCUT2D eigenvalue weighted by atomic mass is 9.41. The number of fused-ring (bicyclic) bond motifs is 5. The number of aliphatic hydroxyl groups excluding tert-OH is 1. The zero-order chi connectivity index (χ0) is 22.6. The van der Waals surface area contributed by atoms with Crippen molar-refractivity contribution in [2.75, 3.05) is 0 Å². The van der Waals surface area contributed by atoms with Crippen molar-refractivity contribution in [3.05, 3.63) is 59.3 Å². The van der Waals surface area contributed by atoms with Crippen molar-refractivity contribution in [3.8, 4) is 0 Å². The van der Waals surface area contributed by atoms with Crippen LogP contribution in [0.5, 0.6) is 0 Å². The summed E-state index contributed by atoms with van der Waals surface area (Å²) in [6.45, 7) is 9.66. The molecule has 5 heteroatoms. The molecular weight excluding hydrogens is 392 g/mol. The minimum atomic E-state index is -1.13. The predicted molar refractivity (Wildman–Crippen MR) is 115 cm³/mol. The summed E-state index contributed by atoms with van der Waals surface area (Å²) in [5, 5.41) is 22.4.